The van der Waals surface area contributed by atoms with Gasteiger partial charge in [-0.05, 0) is 85.3 Å². The summed E-state index contributed by atoms with van der Waals surface area (Å²) in [5.74, 6) is 0.588. The zero-order chi connectivity index (χ0) is 29.4. The van der Waals surface area contributed by atoms with Gasteiger partial charge in [0.25, 0.3) is 15.9 Å². The third-order valence-corrected chi connectivity index (χ3v) is 7.67. The number of ether oxygens (including phenoxy) is 1. The second-order valence-corrected chi connectivity index (χ2v) is 11.0. The van der Waals surface area contributed by atoms with E-state index in [1.807, 2.05) is 18.2 Å². The zero-order valence-corrected chi connectivity index (χ0v) is 23.2. The Hall–Kier alpha value is -4.65. The lowest BCUT2D eigenvalue weighted by Crippen LogP contribution is -2.23. The van der Waals surface area contributed by atoms with Gasteiger partial charge < -0.3 is 19.7 Å². The summed E-state index contributed by atoms with van der Waals surface area (Å²) in [4.78, 5) is 8.36. The van der Waals surface area contributed by atoms with Gasteiger partial charge in [-0.3, -0.25) is 9.71 Å². The first kappa shape index (κ1) is 28.9. The summed E-state index contributed by atoms with van der Waals surface area (Å²) in [6.07, 6.45) is 3.38. The largest absolute Gasteiger partial charge is 0.484 e. The molecule has 1 atom stereocenters. The number of aliphatic hydroxyl groups is 1. The van der Waals surface area contributed by atoms with Gasteiger partial charge in [0.2, 0.25) is 5.82 Å². The highest BCUT2D eigenvalue weighted by atomic mass is 32.2. The summed E-state index contributed by atoms with van der Waals surface area (Å²) in [5, 5.41) is 17.3. The summed E-state index contributed by atoms with van der Waals surface area (Å²) < 4.78 is 52.2. The summed E-state index contributed by atoms with van der Waals surface area (Å²) in [6, 6.07) is 22.4. The number of anilines is 1. The number of hydrogen-bond donors (Lipinski definition) is 3. The van der Waals surface area contributed by atoms with E-state index in [0.717, 1.165) is 11.1 Å². The second kappa shape index (κ2) is 13.3. The van der Waals surface area contributed by atoms with E-state index in [1.165, 1.54) is 36.4 Å². The molecule has 216 valence electrons. The minimum atomic E-state index is -3.83. The average molecular weight is 590 g/mol. The molecule has 0 saturated carbocycles. The van der Waals surface area contributed by atoms with Gasteiger partial charge in [-0.2, -0.15) is 4.98 Å². The normalized spacial score (nSPS) is 12.1. The van der Waals surface area contributed by atoms with Gasteiger partial charge in [0.05, 0.1) is 11.0 Å². The first-order valence-electron chi connectivity index (χ1n) is 13.1. The van der Waals surface area contributed by atoms with E-state index in [2.05, 4.69) is 25.2 Å². The second-order valence-electron chi connectivity index (χ2n) is 9.34. The Labute approximate surface area is 242 Å². The molecule has 2 heterocycles. The van der Waals surface area contributed by atoms with Crippen LogP contribution in [0.25, 0.3) is 11.4 Å². The fraction of sp³-hybridized carbons (Fsp3) is 0.167. The maximum atomic E-state index is 13.0. The summed E-state index contributed by atoms with van der Waals surface area (Å²) >= 11 is 0. The number of hydrogen-bond acceptors (Lipinski definition) is 9. The lowest BCUT2D eigenvalue weighted by molar-refractivity contribution is 0.174. The number of aliphatic hydroxyl groups excluding tert-OH is 1. The van der Waals surface area contributed by atoms with Crippen molar-refractivity contribution in [2.45, 2.75) is 24.0 Å². The molecule has 3 N–H and O–H groups in total. The SMILES string of the molecule is O=S(=O)(Nc1ccc(CCNCC(O)c2cccnc2)cc1)c1ccc(-c2noc(COc3ccc(F)cc3)n2)cc1. The van der Waals surface area contributed by atoms with Crippen molar-refractivity contribution in [1.29, 1.82) is 0 Å². The molecule has 0 amide bonds. The van der Waals surface area contributed by atoms with Crippen LogP contribution in [0.1, 0.15) is 23.1 Å². The minimum Gasteiger partial charge on any atom is -0.484 e. The van der Waals surface area contributed by atoms with Gasteiger partial charge in [-0.1, -0.05) is 23.4 Å². The highest BCUT2D eigenvalue weighted by Gasteiger charge is 2.16. The van der Waals surface area contributed by atoms with Crippen molar-refractivity contribution in [2.75, 3.05) is 17.8 Å². The average Bonchev–Trinajstić information content (AvgIpc) is 3.49. The third kappa shape index (κ3) is 7.75. The molecule has 5 rings (SSSR count). The van der Waals surface area contributed by atoms with Crippen LogP contribution in [-0.2, 0) is 23.1 Å². The monoisotopic (exact) mass is 589 g/mol. The predicted octanol–water partition coefficient (Wildman–Crippen LogP) is 4.52. The summed E-state index contributed by atoms with van der Waals surface area (Å²) in [7, 11) is -3.83. The molecule has 0 fully saturated rings. The summed E-state index contributed by atoms with van der Waals surface area (Å²) in [6.45, 7) is 1.06. The van der Waals surface area contributed by atoms with Crippen molar-refractivity contribution >= 4 is 15.7 Å². The molecule has 1 unspecified atom stereocenters. The van der Waals surface area contributed by atoms with E-state index >= 15 is 0 Å². The topological polar surface area (TPSA) is 139 Å². The van der Waals surface area contributed by atoms with Crippen molar-refractivity contribution < 1.29 is 27.2 Å². The predicted molar refractivity (Wildman–Crippen MR) is 153 cm³/mol. The molecule has 3 aromatic carbocycles. The molecule has 5 aromatic rings. The lowest BCUT2D eigenvalue weighted by atomic mass is 10.1. The standard InChI is InChI=1S/C30H28FN5O5S/c31-24-7-11-26(12-8-24)40-20-29-34-30(35-41-29)22-5-13-27(14-6-22)42(38,39)36-25-9-3-21(4-10-25)15-17-33-19-28(37)23-2-1-16-32-18-23/h1-14,16,18,28,33,36-37H,15,17,19-20H2. The lowest BCUT2D eigenvalue weighted by Gasteiger charge is -2.12. The van der Waals surface area contributed by atoms with E-state index in [9.17, 15) is 17.9 Å². The number of sulfonamides is 1. The van der Waals surface area contributed by atoms with Crippen molar-refractivity contribution in [2.24, 2.45) is 0 Å². The maximum absolute atomic E-state index is 13.0. The Bertz CT molecular complexity index is 1680. The van der Waals surface area contributed by atoms with Crippen molar-refractivity contribution in [1.82, 2.24) is 20.4 Å². The fourth-order valence-electron chi connectivity index (χ4n) is 4.01. The Balaban J connectivity index is 1.11. The molecule has 0 aliphatic carbocycles. The third-order valence-electron chi connectivity index (χ3n) is 6.27. The van der Waals surface area contributed by atoms with Gasteiger partial charge in [0, 0.05) is 35.8 Å². The number of rotatable bonds is 13. The van der Waals surface area contributed by atoms with Crippen molar-refractivity contribution in [3.8, 4) is 17.1 Å². The Morgan fingerprint density at radius 1 is 0.976 bits per heavy atom. The van der Waals surface area contributed by atoms with Gasteiger partial charge in [0.15, 0.2) is 6.61 Å². The van der Waals surface area contributed by atoms with Gasteiger partial charge in [0.1, 0.15) is 11.6 Å². The first-order valence-corrected chi connectivity index (χ1v) is 14.6. The molecule has 2 aromatic heterocycles. The van der Waals surface area contributed by atoms with Crippen LogP contribution in [-0.4, -0.2) is 41.7 Å². The van der Waals surface area contributed by atoms with Gasteiger partial charge in [-0.15, -0.1) is 0 Å². The van der Waals surface area contributed by atoms with Crippen LogP contribution in [0.5, 0.6) is 5.75 Å². The molecule has 0 saturated heterocycles. The van der Waals surface area contributed by atoms with E-state index < -0.39 is 16.1 Å². The maximum Gasteiger partial charge on any atom is 0.264 e. The Morgan fingerprint density at radius 3 is 2.45 bits per heavy atom. The van der Waals surface area contributed by atoms with Crippen molar-refractivity contribution in [3.05, 3.63) is 120 Å². The number of benzene rings is 3. The smallest absolute Gasteiger partial charge is 0.264 e. The van der Waals surface area contributed by atoms with Crippen LogP contribution >= 0.6 is 0 Å². The highest BCUT2D eigenvalue weighted by molar-refractivity contribution is 7.92. The molecule has 42 heavy (non-hydrogen) atoms. The van der Waals surface area contributed by atoms with Crippen LogP contribution in [0, 0.1) is 5.82 Å². The molecule has 0 aliphatic heterocycles. The zero-order valence-electron chi connectivity index (χ0n) is 22.4. The number of halogens is 1. The summed E-state index contributed by atoms with van der Waals surface area (Å²) in [5.41, 5.74) is 2.78. The van der Waals surface area contributed by atoms with Crippen LogP contribution in [0.15, 0.2) is 107 Å². The Morgan fingerprint density at radius 2 is 1.74 bits per heavy atom. The molecular formula is C30H28FN5O5S. The van der Waals surface area contributed by atoms with Crippen LogP contribution in [0.4, 0.5) is 10.1 Å². The minimum absolute atomic E-state index is 0.000378. The van der Waals surface area contributed by atoms with Crippen LogP contribution < -0.4 is 14.8 Å². The molecule has 0 spiro atoms. The molecule has 12 heteroatoms. The number of nitrogens with one attached hydrogen (secondary N) is 2. The molecule has 0 bridgehead atoms. The highest BCUT2D eigenvalue weighted by Crippen LogP contribution is 2.22. The van der Waals surface area contributed by atoms with Gasteiger partial charge in [-0.25, -0.2) is 12.8 Å². The van der Waals surface area contributed by atoms with E-state index in [-0.39, 0.29) is 29.0 Å². The number of nitrogens with zero attached hydrogens (tertiary/aromatic N) is 3. The Kier molecular flexibility index (Phi) is 9.17. The molecular weight excluding hydrogens is 561 g/mol. The van der Waals surface area contributed by atoms with Crippen LogP contribution in [0.2, 0.25) is 0 Å². The fourth-order valence-corrected chi connectivity index (χ4v) is 5.06. The van der Waals surface area contributed by atoms with Crippen molar-refractivity contribution in [3.63, 3.8) is 0 Å². The van der Waals surface area contributed by atoms with E-state index in [4.69, 9.17) is 9.26 Å². The van der Waals surface area contributed by atoms with E-state index in [1.54, 1.807) is 42.7 Å². The molecule has 10 nitrogen and oxygen atoms in total. The van der Waals surface area contributed by atoms with Crippen LogP contribution in [0.3, 0.4) is 0 Å². The number of pyridine rings is 1. The quantitative estimate of drug-likeness (QED) is 0.169. The first-order chi connectivity index (χ1) is 20.4. The number of aromatic nitrogens is 3. The molecule has 0 radical (unpaired) electrons. The van der Waals surface area contributed by atoms with E-state index in [0.29, 0.717) is 36.5 Å². The molecule has 0 aliphatic rings. The van der Waals surface area contributed by atoms with Gasteiger partial charge >= 0.3 is 0 Å².